The Labute approximate surface area is 98.7 Å². The molecule has 1 fully saturated rings. The molecule has 5 heteroatoms. The Balaban J connectivity index is 2.34. The summed E-state index contributed by atoms with van der Waals surface area (Å²) in [6.45, 7) is 7.11. The second-order valence-electron chi connectivity index (χ2n) is 4.55. The van der Waals surface area contributed by atoms with Gasteiger partial charge < -0.3 is 16.0 Å². The van der Waals surface area contributed by atoms with Crippen LogP contribution in [0.3, 0.4) is 0 Å². The summed E-state index contributed by atoms with van der Waals surface area (Å²) in [6.07, 6.45) is 1.07. The molecule has 1 rings (SSSR count). The van der Waals surface area contributed by atoms with Crippen molar-refractivity contribution in [2.24, 2.45) is 10.7 Å². The fourth-order valence-electron chi connectivity index (χ4n) is 1.81. The van der Waals surface area contributed by atoms with Gasteiger partial charge in [-0.05, 0) is 20.5 Å². The Hall–Kier alpha value is -0.810. The highest BCUT2D eigenvalue weighted by molar-refractivity contribution is 5.77. The number of nitrogens with one attached hydrogen (secondary N) is 1. The molecule has 1 aliphatic rings. The van der Waals surface area contributed by atoms with Crippen LogP contribution >= 0.6 is 0 Å². The first-order chi connectivity index (χ1) is 7.63. The van der Waals surface area contributed by atoms with Crippen molar-refractivity contribution in [3.8, 4) is 0 Å². The molecule has 1 unspecified atom stereocenters. The molecule has 0 aromatic carbocycles. The normalized spacial score (nSPS) is 24.7. The maximum atomic E-state index is 5.76. The van der Waals surface area contributed by atoms with E-state index in [4.69, 9.17) is 5.73 Å². The molecule has 1 heterocycles. The van der Waals surface area contributed by atoms with Crippen molar-refractivity contribution in [2.75, 3.05) is 46.8 Å². The molecule has 3 N–H and O–H groups in total. The van der Waals surface area contributed by atoms with Gasteiger partial charge in [0.05, 0.1) is 6.54 Å². The first kappa shape index (κ1) is 13.3. The SMILES string of the molecule is CCCNC(N)=NCC1CN(C)CCN1C. The van der Waals surface area contributed by atoms with Gasteiger partial charge in [-0.1, -0.05) is 6.92 Å². The van der Waals surface area contributed by atoms with Gasteiger partial charge >= 0.3 is 0 Å². The standard InChI is InChI=1S/C11H25N5/c1-4-5-13-11(12)14-8-10-9-15(2)6-7-16(10)3/h10H,4-9H2,1-3H3,(H3,12,13,14). The van der Waals surface area contributed by atoms with Crippen LogP contribution in [0, 0.1) is 0 Å². The summed E-state index contributed by atoms with van der Waals surface area (Å²) in [5, 5.41) is 3.09. The smallest absolute Gasteiger partial charge is 0.188 e. The Kier molecular flexibility index (Phi) is 5.55. The minimum absolute atomic E-state index is 0.487. The van der Waals surface area contributed by atoms with E-state index in [-0.39, 0.29) is 0 Å². The number of piperazine rings is 1. The zero-order valence-electron chi connectivity index (χ0n) is 10.7. The van der Waals surface area contributed by atoms with E-state index in [2.05, 4.69) is 41.1 Å². The summed E-state index contributed by atoms with van der Waals surface area (Å²) in [5.74, 6) is 0.573. The molecule has 0 bridgehead atoms. The Morgan fingerprint density at radius 1 is 1.44 bits per heavy atom. The molecule has 16 heavy (non-hydrogen) atoms. The Morgan fingerprint density at radius 2 is 2.19 bits per heavy atom. The van der Waals surface area contributed by atoms with Crippen LogP contribution < -0.4 is 11.1 Å². The van der Waals surface area contributed by atoms with Gasteiger partial charge in [0.25, 0.3) is 0 Å². The van der Waals surface area contributed by atoms with Crippen molar-refractivity contribution in [1.82, 2.24) is 15.1 Å². The van der Waals surface area contributed by atoms with Gasteiger partial charge in [0.1, 0.15) is 0 Å². The van der Waals surface area contributed by atoms with Crippen LogP contribution in [-0.2, 0) is 0 Å². The molecule has 94 valence electrons. The minimum atomic E-state index is 0.487. The van der Waals surface area contributed by atoms with E-state index in [9.17, 15) is 0 Å². The molecule has 0 spiro atoms. The fourth-order valence-corrected chi connectivity index (χ4v) is 1.81. The van der Waals surface area contributed by atoms with E-state index in [1.165, 1.54) is 0 Å². The predicted molar refractivity (Wildman–Crippen MR) is 68.7 cm³/mol. The van der Waals surface area contributed by atoms with E-state index in [1.54, 1.807) is 0 Å². The van der Waals surface area contributed by atoms with Gasteiger partial charge in [0.15, 0.2) is 5.96 Å². The molecular formula is C11H25N5. The zero-order valence-corrected chi connectivity index (χ0v) is 10.7. The molecule has 0 aliphatic carbocycles. The Morgan fingerprint density at radius 3 is 2.88 bits per heavy atom. The third kappa shape index (κ3) is 4.37. The second-order valence-corrected chi connectivity index (χ2v) is 4.55. The number of likely N-dealkylation sites (N-methyl/N-ethyl adjacent to an activating group) is 2. The van der Waals surface area contributed by atoms with Gasteiger partial charge in [0, 0.05) is 32.2 Å². The first-order valence-electron chi connectivity index (χ1n) is 6.06. The monoisotopic (exact) mass is 227 g/mol. The molecule has 0 saturated carbocycles. The second kappa shape index (κ2) is 6.70. The molecule has 0 amide bonds. The van der Waals surface area contributed by atoms with Crippen molar-refractivity contribution < 1.29 is 0 Å². The lowest BCUT2D eigenvalue weighted by Gasteiger charge is -2.36. The van der Waals surface area contributed by atoms with Crippen LogP contribution in [0.4, 0.5) is 0 Å². The molecule has 0 radical (unpaired) electrons. The van der Waals surface area contributed by atoms with Crippen molar-refractivity contribution >= 4 is 5.96 Å². The lowest BCUT2D eigenvalue weighted by atomic mass is 10.2. The van der Waals surface area contributed by atoms with Crippen LogP contribution in [0.15, 0.2) is 4.99 Å². The quantitative estimate of drug-likeness (QED) is 0.504. The largest absolute Gasteiger partial charge is 0.370 e. The fraction of sp³-hybridized carbons (Fsp3) is 0.909. The van der Waals surface area contributed by atoms with Crippen molar-refractivity contribution in [2.45, 2.75) is 19.4 Å². The topological polar surface area (TPSA) is 56.9 Å². The molecule has 0 aromatic rings. The first-order valence-corrected chi connectivity index (χ1v) is 6.06. The van der Waals surface area contributed by atoms with Crippen molar-refractivity contribution in [1.29, 1.82) is 0 Å². The molecule has 5 nitrogen and oxygen atoms in total. The van der Waals surface area contributed by atoms with Gasteiger partial charge in [-0.15, -0.1) is 0 Å². The minimum Gasteiger partial charge on any atom is -0.370 e. The lowest BCUT2D eigenvalue weighted by molar-refractivity contribution is 0.119. The van der Waals surface area contributed by atoms with Crippen LogP contribution in [-0.4, -0.2) is 68.6 Å². The number of rotatable bonds is 4. The summed E-state index contributed by atoms with van der Waals surface area (Å²) in [4.78, 5) is 9.09. The van der Waals surface area contributed by atoms with Gasteiger partial charge in [-0.25, -0.2) is 0 Å². The van der Waals surface area contributed by atoms with E-state index < -0.39 is 0 Å². The molecule has 1 saturated heterocycles. The number of aliphatic imine (C=N–C) groups is 1. The van der Waals surface area contributed by atoms with Crippen LogP contribution in [0.1, 0.15) is 13.3 Å². The highest BCUT2D eigenvalue weighted by Gasteiger charge is 2.21. The van der Waals surface area contributed by atoms with E-state index in [0.717, 1.165) is 39.1 Å². The number of nitrogens with zero attached hydrogens (tertiary/aromatic N) is 3. The molecular weight excluding hydrogens is 202 g/mol. The number of hydrogen-bond donors (Lipinski definition) is 2. The maximum absolute atomic E-state index is 5.76. The van der Waals surface area contributed by atoms with E-state index >= 15 is 0 Å². The van der Waals surface area contributed by atoms with Crippen LogP contribution in [0.25, 0.3) is 0 Å². The van der Waals surface area contributed by atoms with Gasteiger partial charge in [-0.2, -0.15) is 0 Å². The van der Waals surface area contributed by atoms with Gasteiger partial charge in [0.2, 0.25) is 0 Å². The van der Waals surface area contributed by atoms with Crippen molar-refractivity contribution in [3.63, 3.8) is 0 Å². The number of guanidine groups is 1. The highest BCUT2D eigenvalue weighted by atomic mass is 15.3. The number of nitrogens with two attached hydrogens (primary N) is 1. The summed E-state index contributed by atoms with van der Waals surface area (Å²) in [5.41, 5.74) is 5.76. The van der Waals surface area contributed by atoms with Crippen LogP contribution in [0.5, 0.6) is 0 Å². The predicted octanol–water partition coefficient (Wildman–Crippen LogP) is -0.453. The molecule has 1 atom stereocenters. The average molecular weight is 227 g/mol. The third-order valence-electron chi connectivity index (χ3n) is 3.01. The third-order valence-corrected chi connectivity index (χ3v) is 3.01. The van der Waals surface area contributed by atoms with Gasteiger partial charge in [-0.3, -0.25) is 9.89 Å². The zero-order chi connectivity index (χ0) is 12.0. The average Bonchev–Trinajstić information content (AvgIpc) is 2.27. The summed E-state index contributed by atoms with van der Waals surface area (Å²) >= 11 is 0. The van der Waals surface area contributed by atoms with E-state index in [0.29, 0.717) is 12.0 Å². The van der Waals surface area contributed by atoms with E-state index in [1.807, 2.05) is 0 Å². The van der Waals surface area contributed by atoms with Crippen LogP contribution in [0.2, 0.25) is 0 Å². The number of hydrogen-bond acceptors (Lipinski definition) is 3. The maximum Gasteiger partial charge on any atom is 0.188 e. The molecule has 0 aromatic heterocycles. The summed E-state index contributed by atoms with van der Waals surface area (Å²) in [6, 6.07) is 0.487. The lowest BCUT2D eigenvalue weighted by Crippen LogP contribution is -2.51. The summed E-state index contributed by atoms with van der Waals surface area (Å²) in [7, 11) is 4.31. The van der Waals surface area contributed by atoms with Crippen molar-refractivity contribution in [3.05, 3.63) is 0 Å². The summed E-state index contributed by atoms with van der Waals surface area (Å²) < 4.78 is 0. The highest BCUT2D eigenvalue weighted by Crippen LogP contribution is 2.05. The Bertz CT molecular complexity index is 228. The molecule has 1 aliphatic heterocycles.